The normalized spacial score (nSPS) is 26.0. The van der Waals surface area contributed by atoms with E-state index in [-0.39, 0.29) is 5.60 Å². The largest absolute Gasteiger partial charge is 0.373 e. The quantitative estimate of drug-likeness (QED) is 0.852. The van der Waals surface area contributed by atoms with Crippen LogP contribution in [0.2, 0.25) is 0 Å². The van der Waals surface area contributed by atoms with Crippen molar-refractivity contribution in [2.24, 2.45) is 0 Å². The summed E-state index contributed by atoms with van der Waals surface area (Å²) in [5.74, 6) is 2.05. The first-order chi connectivity index (χ1) is 13.2. The lowest BCUT2D eigenvalue weighted by Crippen LogP contribution is -2.47. The predicted molar refractivity (Wildman–Crippen MR) is 109 cm³/mol. The number of ether oxygens (including phenoxy) is 1. The molecule has 1 aromatic rings. The smallest absolute Gasteiger partial charge is 0.135 e. The molecule has 2 aliphatic heterocycles. The monoisotopic (exact) mass is 372 g/mol. The number of hydrogen-bond donors (Lipinski definition) is 1. The molecule has 5 nitrogen and oxygen atoms in total. The van der Waals surface area contributed by atoms with Gasteiger partial charge in [-0.15, -0.1) is 0 Å². The van der Waals surface area contributed by atoms with Gasteiger partial charge in [0.1, 0.15) is 11.6 Å². The topological polar surface area (TPSA) is 50.3 Å². The second-order valence-electron chi connectivity index (χ2n) is 8.90. The minimum Gasteiger partial charge on any atom is -0.373 e. The van der Waals surface area contributed by atoms with Crippen LogP contribution in [0, 0.1) is 6.92 Å². The van der Waals surface area contributed by atoms with Crippen molar-refractivity contribution in [1.82, 2.24) is 15.3 Å². The first-order valence-corrected chi connectivity index (χ1v) is 11.1. The number of anilines is 1. The number of nitrogens with one attached hydrogen (secondary N) is 1. The summed E-state index contributed by atoms with van der Waals surface area (Å²) in [6.45, 7) is 7.30. The van der Waals surface area contributed by atoms with E-state index in [0.717, 1.165) is 38.4 Å². The molecule has 150 valence electrons. The van der Waals surface area contributed by atoms with Gasteiger partial charge in [-0.2, -0.15) is 0 Å². The molecular formula is C22H36N4O. The van der Waals surface area contributed by atoms with E-state index in [4.69, 9.17) is 9.72 Å². The fourth-order valence-corrected chi connectivity index (χ4v) is 5.29. The van der Waals surface area contributed by atoms with Crippen LogP contribution in [0.4, 0.5) is 5.82 Å². The number of aromatic nitrogens is 2. The summed E-state index contributed by atoms with van der Waals surface area (Å²) in [7, 11) is 0. The van der Waals surface area contributed by atoms with E-state index in [2.05, 4.69) is 22.1 Å². The number of hydrogen-bond acceptors (Lipinski definition) is 5. The predicted octanol–water partition coefficient (Wildman–Crippen LogP) is 3.79. The SMILES string of the molecule is CCCc1cnc(C)nc1N1CCC(NC2COC3(CCCCC3)C2)CC1. The highest BCUT2D eigenvalue weighted by Gasteiger charge is 2.41. The maximum absolute atomic E-state index is 6.29. The Bertz CT molecular complexity index is 621. The van der Waals surface area contributed by atoms with Crippen molar-refractivity contribution >= 4 is 5.82 Å². The Balaban J connectivity index is 1.30. The molecule has 1 aromatic heterocycles. The zero-order valence-corrected chi connectivity index (χ0v) is 17.2. The van der Waals surface area contributed by atoms with Crippen molar-refractivity contribution in [2.75, 3.05) is 24.6 Å². The second kappa shape index (κ2) is 8.44. The molecule has 4 rings (SSSR count). The van der Waals surface area contributed by atoms with Crippen molar-refractivity contribution in [2.45, 2.75) is 95.7 Å². The molecule has 3 aliphatic rings. The second-order valence-corrected chi connectivity index (χ2v) is 8.90. The van der Waals surface area contributed by atoms with Crippen molar-refractivity contribution < 1.29 is 4.74 Å². The van der Waals surface area contributed by atoms with E-state index < -0.39 is 0 Å². The molecule has 5 heteroatoms. The average molecular weight is 373 g/mol. The van der Waals surface area contributed by atoms with Crippen molar-refractivity contribution in [1.29, 1.82) is 0 Å². The summed E-state index contributed by atoms with van der Waals surface area (Å²) >= 11 is 0. The lowest BCUT2D eigenvalue weighted by Gasteiger charge is -2.36. The number of aryl methyl sites for hydroxylation is 2. The van der Waals surface area contributed by atoms with Crippen LogP contribution < -0.4 is 10.2 Å². The Morgan fingerprint density at radius 3 is 2.70 bits per heavy atom. The van der Waals surface area contributed by atoms with Crippen LogP contribution in [-0.2, 0) is 11.2 Å². The van der Waals surface area contributed by atoms with E-state index in [1.54, 1.807) is 0 Å². The highest BCUT2D eigenvalue weighted by molar-refractivity contribution is 5.46. The molecule has 0 amide bonds. The lowest BCUT2D eigenvalue weighted by atomic mass is 9.82. The van der Waals surface area contributed by atoms with Gasteiger partial charge in [0.2, 0.25) is 0 Å². The number of piperidine rings is 1. The molecule has 1 N–H and O–H groups in total. The molecule has 2 saturated heterocycles. The van der Waals surface area contributed by atoms with Gasteiger partial charge in [-0.3, -0.25) is 0 Å². The van der Waals surface area contributed by atoms with Gasteiger partial charge in [0.25, 0.3) is 0 Å². The highest BCUT2D eigenvalue weighted by Crippen LogP contribution is 2.39. The first-order valence-electron chi connectivity index (χ1n) is 11.1. The van der Waals surface area contributed by atoms with Crippen molar-refractivity contribution in [3.05, 3.63) is 17.6 Å². The Hall–Kier alpha value is -1.20. The summed E-state index contributed by atoms with van der Waals surface area (Å²) in [6.07, 6.45) is 14.5. The van der Waals surface area contributed by atoms with Crippen LogP contribution in [0.25, 0.3) is 0 Å². The molecular weight excluding hydrogens is 336 g/mol. The minimum atomic E-state index is 0.212. The summed E-state index contributed by atoms with van der Waals surface area (Å²) in [5, 5.41) is 3.93. The molecule has 3 fully saturated rings. The van der Waals surface area contributed by atoms with Gasteiger partial charge in [-0.1, -0.05) is 32.6 Å². The summed E-state index contributed by atoms with van der Waals surface area (Å²) < 4.78 is 6.29. The number of nitrogens with zero attached hydrogens (tertiary/aromatic N) is 3. The Morgan fingerprint density at radius 1 is 1.19 bits per heavy atom. The molecule has 27 heavy (non-hydrogen) atoms. The van der Waals surface area contributed by atoms with E-state index >= 15 is 0 Å². The molecule has 0 bridgehead atoms. The van der Waals surface area contributed by atoms with E-state index in [1.807, 2.05) is 13.1 Å². The fourth-order valence-electron chi connectivity index (χ4n) is 5.29. The van der Waals surface area contributed by atoms with Gasteiger partial charge in [0.15, 0.2) is 0 Å². The highest BCUT2D eigenvalue weighted by atomic mass is 16.5. The molecule has 3 heterocycles. The average Bonchev–Trinajstić information content (AvgIpc) is 3.06. The molecule has 0 radical (unpaired) electrons. The van der Waals surface area contributed by atoms with Crippen molar-refractivity contribution in [3.8, 4) is 0 Å². The fraction of sp³-hybridized carbons (Fsp3) is 0.818. The van der Waals surface area contributed by atoms with Gasteiger partial charge >= 0.3 is 0 Å². The Labute approximate surface area is 164 Å². The standard InChI is InChI=1S/C22H36N4O/c1-3-7-18-15-23-17(2)24-21(18)26-12-8-19(9-13-26)25-20-14-22(27-16-20)10-5-4-6-11-22/h15,19-20,25H,3-14,16H2,1-2H3. The molecule has 1 saturated carbocycles. The van der Waals surface area contributed by atoms with Gasteiger partial charge in [0.05, 0.1) is 12.2 Å². The van der Waals surface area contributed by atoms with Gasteiger partial charge in [0, 0.05) is 36.9 Å². The maximum Gasteiger partial charge on any atom is 0.135 e. The van der Waals surface area contributed by atoms with Crippen LogP contribution in [0.3, 0.4) is 0 Å². The Kier molecular flexibility index (Phi) is 5.98. The summed E-state index contributed by atoms with van der Waals surface area (Å²) in [4.78, 5) is 11.7. The van der Waals surface area contributed by atoms with Gasteiger partial charge in [-0.05, 0) is 45.4 Å². The van der Waals surface area contributed by atoms with Gasteiger partial charge in [-0.25, -0.2) is 9.97 Å². The summed E-state index contributed by atoms with van der Waals surface area (Å²) in [6, 6.07) is 1.17. The minimum absolute atomic E-state index is 0.212. The molecule has 0 aromatic carbocycles. The van der Waals surface area contributed by atoms with Crippen LogP contribution in [0.15, 0.2) is 6.20 Å². The zero-order valence-electron chi connectivity index (χ0n) is 17.2. The molecule has 1 atom stereocenters. The third-order valence-electron chi connectivity index (χ3n) is 6.72. The van der Waals surface area contributed by atoms with Crippen LogP contribution >= 0.6 is 0 Å². The van der Waals surface area contributed by atoms with Gasteiger partial charge < -0.3 is 15.0 Å². The third kappa shape index (κ3) is 4.45. The van der Waals surface area contributed by atoms with E-state index in [0.29, 0.717) is 12.1 Å². The Morgan fingerprint density at radius 2 is 1.96 bits per heavy atom. The molecule has 1 aliphatic carbocycles. The number of rotatable bonds is 5. The maximum atomic E-state index is 6.29. The lowest BCUT2D eigenvalue weighted by molar-refractivity contribution is -0.0246. The van der Waals surface area contributed by atoms with Crippen LogP contribution in [-0.4, -0.2) is 47.3 Å². The zero-order chi connectivity index (χ0) is 18.7. The summed E-state index contributed by atoms with van der Waals surface area (Å²) in [5.41, 5.74) is 1.52. The van der Waals surface area contributed by atoms with Crippen LogP contribution in [0.5, 0.6) is 0 Å². The van der Waals surface area contributed by atoms with E-state index in [1.165, 1.54) is 62.7 Å². The third-order valence-corrected chi connectivity index (χ3v) is 6.72. The van der Waals surface area contributed by atoms with Crippen LogP contribution in [0.1, 0.15) is 76.1 Å². The van der Waals surface area contributed by atoms with Crippen molar-refractivity contribution in [3.63, 3.8) is 0 Å². The van der Waals surface area contributed by atoms with E-state index in [9.17, 15) is 0 Å². The molecule has 1 unspecified atom stereocenters. The molecule has 1 spiro atoms. The first kappa shape index (κ1) is 19.1.